The minimum atomic E-state index is -0.185. The van der Waals surface area contributed by atoms with Gasteiger partial charge in [0.2, 0.25) is 5.91 Å². The predicted molar refractivity (Wildman–Crippen MR) is 126 cm³/mol. The number of anilines is 1. The SMILES string of the molecule is COc1ccccc1-n1c(SCC(=O)N(CC#N)c2ccccc2)nnc1-c1cccs1. The Balaban J connectivity index is 1.66. The highest BCUT2D eigenvalue weighted by Gasteiger charge is 2.22. The number of nitriles is 1. The van der Waals surface area contributed by atoms with Gasteiger partial charge in [-0.05, 0) is 35.7 Å². The Morgan fingerprint density at radius 3 is 2.62 bits per heavy atom. The van der Waals surface area contributed by atoms with E-state index < -0.39 is 0 Å². The van der Waals surface area contributed by atoms with Gasteiger partial charge in [0, 0.05) is 5.69 Å². The molecule has 0 N–H and O–H groups in total. The van der Waals surface area contributed by atoms with Crippen molar-refractivity contribution in [3.63, 3.8) is 0 Å². The first-order valence-electron chi connectivity index (χ1n) is 9.70. The van der Waals surface area contributed by atoms with Gasteiger partial charge in [-0.2, -0.15) is 5.26 Å². The number of nitrogens with zero attached hydrogens (tertiary/aromatic N) is 5. The number of hydrogen-bond donors (Lipinski definition) is 0. The van der Waals surface area contributed by atoms with Crippen molar-refractivity contribution in [2.75, 3.05) is 24.3 Å². The number of benzene rings is 2. The second kappa shape index (κ2) is 10.1. The molecule has 160 valence electrons. The zero-order valence-corrected chi connectivity index (χ0v) is 18.8. The molecule has 9 heteroatoms. The molecule has 0 bridgehead atoms. The number of thiophene rings is 1. The van der Waals surface area contributed by atoms with Gasteiger partial charge in [-0.3, -0.25) is 14.3 Å². The number of aromatic nitrogens is 3. The lowest BCUT2D eigenvalue weighted by Gasteiger charge is -2.19. The van der Waals surface area contributed by atoms with Crippen molar-refractivity contribution in [1.82, 2.24) is 14.8 Å². The van der Waals surface area contributed by atoms with Gasteiger partial charge in [-0.1, -0.05) is 48.2 Å². The van der Waals surface area contributed by atoms with Crippen LogP contribution in [0.3, 0.4) is 0 Å². The van der Waals surface area contributed by atoms with Crippen LogP contribution in [0.2, 0.25) is 0 Å². The fourth-order valence-corrected chi connectivity index (χ4v) is 4.69. The molecule has 32 heavy (non-hydrogen) atoms. The largest absolute Gasteiger partial charge is 0.495 e. The van der Waals surface area contributed by atoms with Crippen molar-refractivity contribution in [1.29, 1.82) is 5.26 Å². The fraction of sp³-hybridized carbons (Fsp3) is 0.130. The Labute approximate surface area is 193 Å². The van der Waals surface area contributed by atoms with Crippen LogP contribution in [-0.4, -0.2) is 40.1 Å². The minimum absolute atomic E-state index is 0.0248. The van der Waals surface area contributed by atoms with Crippen molar-refractivity contribution in [2.24, 2.45) is 0 Å². The molecule has 7 nitrogen and oxygen atoms in total. The number of carbonyl (C=O) groups excluding carboxylic acids is 1. The summed E-state index contributed by atoms with van der Waals surface area (Å²) >= 11 is 2.83. The zero-order chi connectivity index (χ0) is 22.3. The van der Waals surface area contributed by atoms with Gasteiger partial charge in [0.1, 0.15) is 12.3 Å². The molecular formula is C23H19N5O2S2. The second-order valence-electron chi connectivity index (χ2n) is 6.55. The normalized spacial score (nSPS) is 10.5. The number of rotatable bonds is 8. The molecule has 2 aromatic carbocycles. The maximum Gasteiger partial charge on any atom is 0.238 e. The van der Waals surface area contributed by atoms with Gasteiger partial charge >= 0.3 is 0 Å². The van der Waals surface area contributed by atoms with Crippen LogP contribution < -0.4 is 9.64 Å². The third-order valence-electron chi connectivity index (χ3n) is 4.62. The van der Waals surface area contributed by atoms with Crippen LogP contribution in [0.1, 0.15) is 0 Å². The van der Waals surface area contributed by atoms with Crippen LogP contribution >= 0.6 is 23.1 Å². The highest BCUT2D eigenvalue weighted by atomic mass is 32.2. The molecule has 0 aliphatic rings. The number of para-hydroxylation sites is 3. The predicted octanol–water partition coefficient (Wildman–Crippen LogP) is 4.65. The summed E-state index contributed by atoms with van der Waals surface area (Å²) in [4.78, 5) is 15.4. The van der Waals surface area contributed by atoms with Gasteiger partial charge < -0.3 is 4.74 Å². The number of thioether (sulfide) groups is 1. The Morgan fingerprint density at radius 2 is 1.91 bits per heavy atom. The molecule has 0 saturated heterocycles. The number of methoxy groups -OCH3 is 1. The van der Waals surface area contributed by atoms with E-state index in [1.54, 1.807) is 18.4 Å². The van der Waals surface area contributed by atoms with E-state index in [4.69, 9.17) is 4.74 Å². The van der Waals surface area contributed by atoms with Gasteiger partial charge in [-0.15, -0.1) is 21.5 Å². The third-order valence-corrected chi connectivity index (χ3v) is 6.40. The summed E-state index contributed by atoms with van der Waals surface area (Å²) in [5.41, 5.74) is 1.47. The molecule has 2 aromatic heterocycles. The summed E-state index contributed by atoms with van der Waals surface area (Å²) in [6, 6.07) is 22.8. The minimum Gasteiger partial charge on any atom is -0.495 e. The average molecular weight is 462 g/mol. The Hall–Kier alpha value is -3.61. The molecule has 4 aromatic rings. The lowest BCUT2D eigenvalue weighted by atomic mass is 10.3. The van der Waals surface area contributed by atoms with E-state index in [2.05, 4.69) is 16.3 Å². The van der Waals surface area contributed by atoms with E-state index in [1.165, 1.54) is 16.7 Å². The Morgan fingerprint density at radius 1 is 1.12 bits per heavy atom. The van der Waals surface area contributed by atoms with Crippen LogP contribution in [0.15, 0.2) is 77.3 Å². The average Bonchev–Trinajstić information content (AvgIpc) is 3.51. The molecule has 0 aliphatic heterocycles. The van der Waals surface area contributed by atoms with Crippen LogP contribution in [-0.2, 0) is 4.79 Å². The molecule has 0 unspecified atom stereocenters. The van der Waals surface area contributed by atoms with E-state index in [-0.39, 0.29) is 18.2 Å². The van der Waals surface area contributed by atoms with E-state index in [0.717, 1.165) is 10.6 Å². The standard InChI is InChI=1S/C23H19N5O2S2/c1-30-19-11-6-5-10-18(19)28-22(20-12-7-15-31-20)25-26-23(28)32-16-21(29)27(14-13-24)17-8-3-2-4-9-17/h2-12,15H,14,16H2,1H3. The molecule has 4 rings (SSSR count). The second-order valence-corrected chi connectivity index (χ2v) is 8.44. The Bertz CT molecular complexity index is 1230. The highest BCUT2D eigenvalue weighted by Crippen LogP contribution is 2.34. The number of carbonyl (C=O) groups is 1. The summed E-state index contributed by atoms with van der Waals surface area (Å²) in [6.07, 6.45) is 0. The molecule has 0 radical (unpaired) electrons. The first kappa shape index (κ1) is 21.6. The van der Waals surface area contributed by atoms with Crippen LogP contribution in [0.4, 0.5) is 5.69 Å². The molecule has 0 saturated carbocycles. The van der Waals surface area contributed by atoms with Crippen molar-refractivity contribution in [3.8, 4) is 28.2 Å². The number of amides is 1. The maximum absolute atomic E-state index is 13.0. The van der Waals surface area contributed by atoms with Crippen molar-refractivity contribution < 1.29 is 9.53 Å². The molecule has 1 amide bonds. The lowest BCUT2D eigenvalue weighted by Crippen LogP contribution is -2.32. The number of ether oxygens (including phenoxy) is 1. The summed E-state index contributed by atoms with van der Waals surface area (Å²) in [6.45, 7) is -0.0248. The summed E-state index contributed by atoms with van der Waals surface area (Å²) in [5, 5.41) is 20.5. The quantitative estimate of drug-likeness (QED) is 0.280. The van der Waals surface area contributed by atoms with E-state index >= 15 is 0 Å². The van der Waals surface area contributed by atoms with Gasteiger partial charge in [-0.25, -0.2) is 0 Å². The first-order chi connectivity index (χ1) is 15.7. The van der Waals surface area contributed by atoms with Gasteiger partial charge in [0.05, 0.1) is 29.5 Å². The molecule has 0 atom stereocenters. The van der Waals surface area contributed by atoms with Gasteiger partial charge in [0.25, 0.3) is 0 Å². The molecule has 0 fully saturated rings. The van der Waals surface area contributed by atoms with Crippen molar-refractivity contribution in [3.05, 3.63) is 72.1 Å². The molecule has 0 spiro atoms. The van der Waals surface area contributed by atoms with Crippen molar-refractivity contribution in [2.45, 2.75) is 5.16 Å². The first-order valence-corrected chi connectivity index (χ1v) is 11.6. The van der Waals surface area contributed by atoms with E-state index in [1.807, 2.05) is 76.7 Å². The third kappa shape index (κ3) is 4.51. The summed E-state index contributed by atoms with van der Waals surface area (Å²) < 4.78 is 7.46. The summed E-state index contributed by atoms with van der Waals surface area (Å²) in [5.74, 6) is 1.27. The van der Waals surface area contributed by atoms with Crippen LogP contribution in [0, 0.1) is 11.3 Å². The van der Waals surface area contributed by atoms with Crippen molar-refractivity contribution >= 4 is 34.7 Å². The topological polar surface area (TPSA) is 84.0 Å². The molecular weight excluding hydrogens is 442 g/mol. The summed E-state index contributed by atoms with van der Waals surface area (Å²) in [7, 11) is 1.62. The molecule has 0 aliphatic carbocycles. The maximum atomic E-state index is 13.0. The van der Waals surface area contributed by atoms with E-state index in [9.17, 15) is 10.1 Å². The Kier molecular flexibility index (Phi) is 6.84. The van der Waals surface area contributed by atoms with Gasteiger partial charge in [0.15, 0.2) is 11.0 Å². The zero-order valence-electron chi connectivity index (χ0n) is 17.2. The van der Waals surface area contributed by atoms with Crippen LogP contribution in [0.5, 0.6) is 5.75 Å². The fourth-order valence-electron chi connectivity index (χ4n) is 3.17. The van der Waals surface area contributed by atoms with E-state index in [0.29, 0.717) is 22.4 Å². The molecule has 2 heterocycles. The highest BCUT2D eigenvalue weighted by molar-refractivity contribution is 7.99. The lowest BCUT2D eigenvalue weighted by molar-refractivity contribution is -0.116. The smallest absolute Gasteiger partial charge is 0.238 e. The van der Waals surface area contributed by atoms with Crippen LogP contribution in [0.25, 0.3) is 16.4 Å². The number of hydrogen-bond acceptors (Lipinski definition) is 7. The monoisotopic (exact) mass is 461 g/mol.